The lowest BCUT2D eigenvalue weighted by molar-refractivity contribution is 0.451. The predicted molar refractivity (Wildman–Crippen MR) is 51.8 cm³/mol. The third-order valence-electron chi connectivity index (χ3n) is 2.90. The molecule has 0 radical (unpaired) electrons. The normalized spacial score (nSPS) is 17.9. The van der Waals surface area contributed by atoms with E-state index in [-0.39, 0.29) is 0 Å². The van der Waals surface area contributed by atoms with Crippen LogP contribution in [0.3, 0.4) is 0 Å². The summed E-state index contributed by atoms with van der Waals surface area (Å²) in [4.78, 5) is 4.27. The van der Waals surface area contributed by atoms with Gasteiger partial charge < -0.3 is 5.11 Å². The van der Waals surface area contributed by atoms with E-state index >= 15 is 0 Å². The van der Waals surface area contributed by atoms with Gasteiger partial charge in [0, 0.05) is 12.1 Å². The van der Waals surface area contributed by atoms with E-state index in [0.717, 1.165) is 11.3 Å². The maximum atomic E-state index is 9.80. The van der Waals surface area contributed by atoms with Crippen LogP contribution in [0.2, 0.25) is 0 Å². The zero-order valence-electron chi connectivity index (χ0n) is 7.95. The van der Waals surface area contributed by atoms with Gasteiger partial charge in [-0.1, -0.05) is 12.8 Å². The van der Waals surface area contributed by atoms with Crippen molar-refractivity contribution in [1.82, 2.24) is 4.98 Å². The van der Waals surface area contributed by atoms with E-state index in [4.69, 9.17) is 0 Å². The smallest absolute Gasteiger partial charge is 0.140 e. The van der Waals surface area contributed by atoms with Gasteiger partial charge in [-0.3, -0.25) is 4.98 Å². The molecule has 1 fully saturated rings. The van der Waals surface area contributed by atoms with Gasteiger partial charge in [-0.25, -0.2) is 0 Å². The maximum Gasteiger partial charge on any atom is 0.140 e. The number of hydrogen-bond donors (Lipinski definition) is 1. The summed E-state index contributed by atoms with van der Waals surface area (Å²) in [6.45, 7) is 1.93. The monoisotopic (exact) mass is 177 g/mol. The number of pyridine rings is 1. The van der Waals surface area contributed by atoms with E-state index in [2.05, 4.69) is 4.98 Å². The van der Waals surface area contributed by atoms with Crippen molar-refractivity contribution in [3.63, 3.8) is 0 Å². The van der Waals surface area contributed by atoms with Crippen molar-refractivity contribution in [2.45, 2.75) is 38.5 Å². The molecule has 0 amide bonds. The highest BCUT2D eigenvalue weighted by Crippen LogP contribution is 2.37. The van der Waals surface area contributed by atoms with E-state index in [9.17, 15) is 5.11 Å². The highest BCUT2D eigenvalue weighted by molar-refractivity contribution is 5.36. The Bertz CT molecular complexity index is 303. The standard InChI is InChI=1S/C11H15NO/c1-8-6-7-12-10(11(8)13)9-4-2-3-5-9/h6-7,9,13H,2-5H2,1H3. The fourth-order valence-electron chi connectivity index (χ4n) is 2.07. The number of hydrogen-bond acceptors (Lipinski definition) is 2. The molecule has 1 aromatic heterocycles. The van der Waals surface area contributed by atoms with Crippen molar-refractivity contribution in [2.75, 3.05) is 0 Å². The molecule has 0 unspecified atom stereocenters. The molecule has 1 aromatic rings. The zero-order valence-corrected chi connectivity index (χ0v) is 7.95. The van der Waals surface area contributed by atoms with Crippen molar-refractivity contribution in [3.8, 4) is 5.75 Å². The molecule has 1 aliphatic carbocycles. The summed E-state index contributed by atoms with van der Waals surface area (Å²) in [5, 5.41) is 9.80. The zero-order chi connectivity index (χ0) is 9.26. The van der Waals surface area contributed by atoms with Crippen LogP contribution < -0.4 is 0 Å². The third kappa shape index (κ3) is 1.53. The number of nitrogens with zero attached hydrogens (tertiary/aromatic N) is 1. The van der Waals surface area contributed by atoms with Crippen LogP contribution in [0.15, 0.2) is 12.3 Å². The largest absolute Gasteiger partial charge is 0.506 e. The summed E-state index contributed by atoms with van der Waals surface area (Å²) >= 11 is 0. The van der Waals surface area contributed by atoms with Gasteiger partial charge in [0.1, 0.15) is 5.75 Å². The molecule has 0 aromatic carbocycles. The predicted octanol–water partition coefficient (Wildman–Crippen LogP) is 2.75. The van der Waals surface area contributed by atoms with Crippen LogP contribution in [0, 0.1) is 6.92 Å². The van der Waals surface area contributed by atoms with Crippen molar-refractivity contribution in [1.29, 1.82) is 0 Å². The molecule has 2 rings (SSSR count). The fourth-order valence-corrected chi connectivity index (χ4v) is 2.07. The Labute approximate surface area is 78.6 Å². The lowest BCUT2D eigenvalue weighted by Gasteiger charge is -2.11. The molecule has 1 saturated carbocycles. The lowest BCUT2D eigenvalue weighted by Crippen LogP contribution is -1.97. The van der Waals surface area contributed by atoms with Crippen molar-refractivity contribution < 1.29 is 5.11 Å². The van der Waals surface area contributed by atoms with Crippen LogP contribution in [0.4, 0.5) is 0 Å². The van der Waals surface area contributed by atoms with E-state index in [1.807, 2.05) is 13.0 Å². The average Bonchev–Trinajstić information content (AvgIpc) is 2.62. The first-order valence-electron chi connectivity index (χ1n) is 4.93. The highest BCUT2D eigenvalue weighted by Gasteiger charge is 2.21. The second-order valence-corrected chi connectivity index (χ2v) is 3.84. The van der Waals surface area contributed by atoms with Gasteiger partial charge in [-0.2, -0.15) is 0 Å². The molecular formula is C11H15NO. The molecule has 1 N–H and O–H groups in total. The Morgan fingerprint density at radius 3 is 2.77 bits per heavy atom. The number of aryl methyl sites for hydroxylation is 1. The van der Waals surface area contributed by atoms with Crippen LogP contribution >= 0.6 is 0 Å². The molecule has 1 heterocycles. The number of aromatic nitrogens is 1. The SMILES string of the molecule is Cc1ccnc(C2CCCC2)c1O. The van der Waals surface area contributed by atoms with Gasteiger partial charge in [0.05, 0.1) is 5.69 Å². The Hall–Kier alpha value is -1.05. The Balaban J connectivity index is 2.33. The fraction of sp³-hybridized carbons (Fsp3) is 0.545. The summed E-state index contributed by atoms with van der Waals surface area (Å²) in [5.41, 5.74) is 1.86. The molecule has 0 bridgehead atoms. The number of rotatable bonds is 1. The van der Waals surface area contributed by atoms with Gasteiger partial charge in [0.15, 0.2) is 0 Å². The quantitative estimate of drug-likeness (QED) is 0.715. The Kier molecular flexibility index (Phi) is 2.21. The van der Waals surface area contributed by atoms with Gasteiger partial charge in [0.25, 0.3) is 0 Å². The molecule has 0 spiro atoms. The molecule has 2 heteroatoms. The summed E-state index contributed by atoms with van der Waals surface area (Å²) in [7, 11) is 0. The summed E-state index contributed by atoms with van der Waals surface area (Å²) in [6, 6.07) is 1.85. The lowest BCUT2D eigenvalue weighted by atomic mass is 10.0. The minimum atomic E-state index is 0.411. The highest BCUT2D eigenvalue weighted by atomic mass is 16.3. The number of aromatic hydroxyl groups is 1. The van der Waals surface area contributed by atoms with Gasteiger partial charge in [-0.05, 0) is 31.4 Å². The average molecular weight is 177 g/mol. The molecule has 1 aliphatic rings. The Morgan fingerprint density at radius 1 is 1.38 bits per heavy atom. The molecule has 13 heavy (non-hydrogen) atoms. The van der Waals surface area contributed by atoms with Crippen LogP contribution in [-0.2, 0) is 0 Å². The topological polar surface area (TPSA) is 33.1 Å². The maximum absolute atomic E-state index is 9.80. The van der Waals surface area contributed by atoms with E-state index in [0.29, 0.717) is 11.7 Å². The molecule has 0 aliphatic heterocycles. The van der Waals surface area contributed by atoms with Gasteiger partial charge in [0.2, 0.25) is 0 Å². The molecule has 2 nitrogen and oxygen atoms in total. The van der Waals surface area contributed by atoms with E-state index in [1.165, 1.54) is 25.7 Å². The first-order valence-corrected chi connectivity index (χ1v) is 4.93. The first kappa shape index (κ1) is 8.54. The molecule has 70 valence electrons. The van der Waals surface area contributed by atoms with Crippen LogP contribution in [0.5, 0.6) is 5.75 Å². The summed E-state index contributed by atoms with van der Waals surface area (Å²) in [5.74, 6) is 0.911. The van der Waals surface area contributed by atoms with E-state index < -0.39 is 0 Å². The van der Waals surface area contributed by atoms with Crippen LogP contribution in [-0.4, -0.2) is 10.1 Å². The minimum absolute atomic E-state index is 0.411. The molecular weight excluding hydrogens is 162 g/mol. The summed E-state index contributed by atoms with van der Waals surface area (Å²) < 4.78 is 0. The Morgan fingerprint density at radius 2 is 2.08 bits per heavy atom. The third-order valence-corrected chi connectivity index (χ3v) is 2.90. The van der Waals surface area contributed by atoms with Crippen LogP contribution in [0.1, 0.15) is 42.9 Å². The van der Waals surface area contributed by atoms with Gasteiger partial charge >= 0.3 is 0 Å². The second kappa shape index (κ2) is 3.36. The first-order chi connectivity index (χ1) is 6.29. The van der Waals surface area contributed by atoms with Crippen LogP contribution in [0.25, 0.3) is 0 Å². The van der Waals surface area contributed by atoms with Crippen molar-refractivity contribution in [2.24, 2.45) is 0 Å². The van der Waals surface area contributed by atoms with Gasteiger partial charge in [-0.15, -0.1) is 0 Å². The second-order valence-electron chi connectivity index (χ2n) is 3.84. The van der Waals surface area contributed by atoms with Crippen molar-refractivity contribution >= 4 is 0 Å². The summed E-state index contributed by atoms with van der Waals surface area (Å²) in [6.07, 6.45) is 6.72. The van der Waals surface area contributed by atoms with E-state index in [1.54, 1.807) is 6.20 Å². The minimum Gasteiger partial charge on any atom is -0.506 e. The molecule has 0 atom stereocenters. The van der Waals surface area contributed by atoms with Crippen molar-refractivity contribution in [3.05, 3.63) is 23.5 Å². The molecule has 0 saturated heterocycles.